The maximum absolute atomic E-state index is 13.2. The number of carbonyl (C=O) groups is 1. The summed E-state index contributed by atoms with van der Waals surface area (Å²) < 4.78 is 0. The highest BCUT2D eigenvalue weighted by molar-refractivity contribution is 5.83. The summed E-state index contributed by atoms with van der Waals surface area (Å²) >= 11 is 0. The van der Waals surface area contributed by atoms with Crippen molar-refractivity contribution in [3.63, 3.8) is 0 Å². The molecule has 0 atom stereocenters. The molecule has 0 radical (unpaired) electrons. The molecule has 3 rings (SSSR count). The minimum absolute atomic E-state index is 0.0563. The van der Waals surface area contributed by atoms with Crippen molar-refractivity contribution in [3.8, 4) is 0 Å². The van der Waals surface area contributed by atoms with E-state index < -0.39 is 0 Å². The number of carbonyl (C=O) groups excluding carboxylic acids is 1. The monoisotopic (exact) mass is 426 g/mol. The van der Waals surface area contributed by atoms with Gasteiger partial charge in [-0.1, -0.05) is 39.2 Å². The number of aryl methyl sites for hydroxylation is 2. The number of rotatable bonds is 8. The summed E-state index contributed by atoms with van der Waals surface area (Å²) in [4.78, 5) is 33.2. The molecule has 1 aromatic carbocycles. The third-order valence-electron chi connectivity index (χ3n) is 6.55. The third-order valence-corrected chi connectivity index (χ3v) is 6.55. The Morgan fingerprint density at radius 1 is 1.06 bits per heavy atom. The molecule has 31 heavy (non-hydrogen) atoms. The number of nitrogens with one attached hydrogen (secondary N) is 2. The second-order valence-electron chi connectivity index (χ2n) is 8.90. The lowest BCUT2D eigenvalue weighted by molar-refractivity contribution is 0.175. The molecule has 0 bridgehead atoms. The van der Waals surface area contributed by atoms with Crippen molar-refractivity contribution in [1.29, 1.82) is 0 Å². The average molecular weight is 427 g/mol. The van der Waals surface area contributed by atoms with Crippen LogP contribution in [0, 0.1) is 13.8 Å². The average Bonchev–Trinajstić information content (AvgIpc) is 2.74. The molecule has 2 aromatic rings. The molecule has 0 aliphatic heterocycles. The van der Waals surface area contributed by atoms with Gasteiger partial charge in [-0.15, -0.1) is 0 Å². The molecule has 170 valence electrons. The number of aromatic amines is 1. The standard InChI is InChI=1S/C25H38N4O2/c1-5-28(6-2)12-13-29(25(31)26-21-10-8-7-9-11-21)17-20-16-22-19(4)14-18(3)15-23(22)27-24(20)30/h14-16,21H,5-13,17H2,1-4H3,(H,26,31)(H,27,30). The van der Waals surface area contributed by atoms with Crippen molar-refractivity contribution in [2.75, 3.05) is 26.2 Å². The lowest BCUT2D eigenvalue weighted by Crippen LogP contribution is -2.48. The van der Waals surface area contributed by atoms with Crippen LogP contribution in [0.5, 0.6) is 0 Å². The van der Waals surface area contributed by atoms with Gasteiger partial charge in [0.15, 0.2) is 0 Å². The van der Waals surface area contributed by atoms with E-state index in [-0.39, 0.29) is 17.6 Å². The largest absolute Gasteiger partial charge is 0.335 e. The van der Waals surface area contributed by atoms with Crippen LogP contribution in [0.15, 0.2) is 23.0 Å². The Morgan fingerprint density at radius 2 is 1.77 bits per heavy atom. The van der Waals surface area contributed by atoms with Crippen LogP contribution in [-0.2, 0) is 6.54 Å². The second kappa shape index (κ2) is 10.8. The molecule has 0 unspecified atom stereocenters. The first kappa shape index (κ1) is 23.3. The van der Waals surface area contributed by atoms with Crippen LogP contribution in [0.25, 0.3) is 10.9 Å². The van der Waals surface area contributed by atoms with Crippen molar-refractivity contribution in [2.45, 2.75) is 72.4 Å². The van der Waals surface area contributed by atoms with Crippen molar-refractivity contribution in [3.05, 3.63) is 45.2 Å². The van der Waals surface area contributed by atoms with Gasteiger partial charge in [-0.25, -0.2) is 4.79 Å². The van der Waals surface area contributed by atoms with Gasteiger partial charge < -0.3 is 20.1 Å². The van der Waals surface area contributed by atoms with E-state index in [0.717, 1.165) is 54.5 Å². The number of hydrogen-bond donors (Lipinski definition) is 2. The van der Waals surface area contributed by atoms with Crippen LogP contribution in [0.1, 0.15) is 62.6 Å². The van der Waals surface area contributed by atoms with Crippen molar-refractivity contribution < 1.29 is 4.79 Å². The molecule has 0 spiro atoms. The number of urea groups is 1. The lowest BCUT2D eigenvalue weighted by Gasteiger charge is -2.30. The lowest BCUT2D eigenvalue weighted by atomic mass is 9.96. The molecule has 1 heterocycles. The van der Waals surface area contributed by atoms with Crippen LogP contribution in [0.3, 0.4) is 0 Å². The Balaban J connectivity index is 1.83. The molecule has 6 heteroatoms. The highest BCUT2D eigenvalue weighted by atomic mass is 16.2. The number of likely N-dealkylation sites (N-methyl/N-ethyl adjacent to an activating group) is 1. The number of aromatic nitrogens is 1. The van der Waals surface area contributed by atoms with Gasteiger partial charge in [0.05, 0.1) is 6.54 Å². The Hall–Kier alpha value is -2.34. The molecule has 1 saturated carbocycles. The fourth-order valence-electron chi connectivity index (χ4n) is 4.61. The number of pyridine rings is 1. The topological polar surface area (TPSA) is 68.4 Å². The first-order valence-corrected chi connectivity index (χ1v) is 11.8. The predicted molar refractivity (Wildman–Crippen MR) is 128 cm³/mol. The van der Waals surface area contributed by atoms with Gasteiger partial charge in [-0.2, -0.15) is 0 Å². The van der Waals surface area contributed by atoms with E-state index in [9.17, 15) is 9.59 Å². The summed E-state index contributed by atoms with van der Waals surface area (Å²) in [6.45, 7) is 12.0. The highest BCUT2D eigenvalue weighted by Crippen LogP contribution is 2.20. The molecular formula is C25H38N4O2. The number of nitrogens with zero attached hydrogens (tertiary/aromatic N) is 2. The molecule has 0 saturated heterocycles. The molecule has 1 fully saturated rings. The summed E-state index contributed by atoms with van der Waals surface area (Å²) in [5, 5.41) is 4.27. The molecule has 6 nitrogen and oxygen atoms in total. The van der Waals surface area contributed by atoms with Crippen LogP contribution in [-0.4, -0.2) is 53.0 Å². The summed E-state index contributed by atoms with van der Waals surface area (Å²) in [7, 11) is 0. The fourth-order valence-corrected chi connectivity index (χ4v) is 4.61. The quantitative estimate of drug-likeness (QED) is 0.660. The number of fused-ring (bicyclic) bond motifs is 1. The molecule has 1 aromatic heterocycles. The van der Waals surface area contributed by atoms with Gasteiger partial charge in [0, 0.05) is 35.6 Å². The van der Waals surface area contributed by atoms with E-state index in [2.05, 4.69) is 42.0 Å². The molecule has 2 N–H and O–H groups in total. The predicted octanol–water partition coefficient (Wildman–Crippen LogP) is 4.33. The van der Waals surface area contributed by atoms with E-state index in [0.29, 0.717) is 18.7 Å². The SMILES string of the molecule is CCN(CC)CCN(Cc1cc2c(C)cc(C)cc2[nH]c1=O)C(=O)NC1CCCCC1. The maximum Gasteiger partial charge on any atom is 0.317 e. The number of amides is 2. The summed E-state index contributed by atoms with van der Waals surface area (Å²) in [6.07, 6.45) is 5.69. The summed E-state index contributed by atoms with van der Waals surface area (Å²) in [5.41, 5.74) is 3.64. The van der Waals surface area contributed by atoms with Gasteiger partial charge >= 0.3 is 6.03 Å². The number of H-pyrrole nitrogens is 1. The minimum Gasteiger partial charge on any atom is -0.335 e. The first-order valence-electron chi connectivity index (χ1n) is 11.8. The Morgan fingerprint density at radius 3 is 2.45 bits per heavy atom. The smallest absolute Gasteiger partial charge is 0.317 e. The van der Waals surface area contributed by atoms with Gasteiger partial charge in [-0.05, 0) is 63.0 Å². The summed E-state index contributed by atoms with van der Waals surface area (Å²) in [6, 6.07) is 6.28. The van der Waals surface area contributed by atoms with Crippen LogP contribution in [0.2, 0.25) is 0 Å². The van der Waals surface area contributed by atoms with Crippen LogP contribution < -0.4 is 10.9 Å². The van der Waals surface area contributed by atoms with Crippen molar-refractivity contribution >= 4 is 16.9 Å². The number of hydrogen-bond acceptors (Lipinski definition) is 3. The zero-order valence-electron chi connectivity index (χ0n) is 19.6. The van der Waals surface area contributed by atoms with Crippen LogP contribution >= 0.6 is 0 Å². The third kappa shape index (κ3) is 6.10. The molecule has 2 amide bonds. The van der Waals surface area contributed by atoms with Crippen LogP contribution in [0.4, 0.5) is 4.79 Å². The van der Waals surface area contributed by atoms with E-state index in [1.807, 2.05) is 24.0 Å². The van der Waals surface area contributed by atoms with Gasteiger partial charge in [0.2, 0.25) is 0 Å². The Kier molecular flexibility index (Phi) is 8.13. The maximum atomic E-state index is 13.2. The number of benzene rings is 1. The Labute approximate surface area is 186 Å². The van der Waals surface area contributed by atoms with E-state index in [4.69, 9.17) is 0 Å². The van der Waals surface area contributed by atoms with Crippen molar-refractivity contribution in [2.24, 2.45) is 0 Å². The molecule has 1 aliphatic rings. The minimum atomic E-state index is -0.115. The highest BCUT2D eigenvalue weighted by Gasteiger charge is 2.21. The summed E-state index contributed by atoms with van der Waals surface area (Å²) in [5.74, 6) is 0. The normalized spacial score (nSPS) is 14.9. The van der Waals surface area contributed by atoms with E-state index in [1.54, 1.807) is 0 Å². The zero-order chi connectivity index (χ0) is 22.4. The molecule has 1 aliphatic carbocycles. The second-order valence-corrected chi connectivity index (χ2v) is 8.90. The zero-order valence-corrected chi connectivity index (χ0v) is 19.6. The van der Waals surface area contributed by atoms with Gasteiger partial charge in [-0.3, -0.25) is 4.79 Å². The van der Waals surface area contributed by atoms with Crippen molar-refractivity contribution in [1.82, 2.24) is 20.1 Å². The van der Waals surface area contributed by atoms with E-state index in [1.165, 1.54) is 19.3 Å². The molecular weight excluding hydrogens is 388 g/mol. The Bertz CT molecular complexity index is 942. The van der Waals surface area contributed by atoms with Gasteiger partial charge in [0.25, 0.3) is 5.56 Å². The van der Waals surface area contributed by atoms with Gasteiger partial charge in [0.1, 0.15) is 0 Å². The fraction of sp³-hybridized carbons (Fsp3) is 0.600. The van der Waals surface area contributed by atoms with E-state index >= 15 is 0 Å². The first-order chi connectivity index (χ1) is 14.9.